The molecule has 1 aromatic heterocycles. The van der Waals surface area contributed by atoms with Gasteiger partial charge in [0.2, 0.25) is 0 Å². The van der Waals surface area contributed by atoms with Crippen LogP contribution in [0.15, 0.2) is 60.4 Å². The molecule has 0 aliphatic heterocycles. The highest BCUT2D eigenvalue weighted by molar-refractivity contribution is 7.87. The fourth-order valence-corrected chi connectivity index (χ4v) is 4.89. The van der Waals surface area contributed by atoms with E-state index in [2.05, 4.69) is 5.32 Å². The standard InChI is InChI=1S/C27H34N4O4S/c1-6-16-30(17-7-2)27(33)24(28-26(32)21-14-12-20(3)13-15-21)18-22-19-31(36(34,35)29(4)5)25-11-9-8-10-23(22)25/h8-15,18-19H,6-7,16-17H2,1-5H3,(H,28,32). The van der Waals surface area contributed by atoms with Crippen LogP contribution in [0.4, 0.5) is 0 Å². The van der Waals surface area contributed by atoms with E-state index in [-0.39, 0.29) is 11.6 Å². The summed E-state index contributed by atoms with van der Waals surface area (Å²) in [7, 11) is -0.880. The summed E-state index contributed by atoms with van der Waals surface area (Å²) in [6.07, 6.45) is 4.59. The van der Waals surface area contributed by atoms with Crippen molar-refractivity contribution in [3.63, 3.8) is 0 Å². The van der Waals surface area contributed by atoms with Gasteiger partial charge in [-0.2, -0.15) is 12.7 Å². The lowest BCUT2D eigenvalue weighted by molar-refractivity contribution is -0.127. The molecule has 0 bridgehead atoms. The number of rotatable bonds is 10. The Kier molecular flexibility index (Phi) is 8.70. The van der Waals surface area contributed by atoms with E-state index in [1.807, 2.05) is 32.9 Å². The van der Waals surface area contributed by atoms with Crippen molar-refractivity contribution in [1.82, 2.24) is 18.5 Å². The minimum absolute atomic E-state index is 0.0904. The predicted molar refractivity (Wildman–Crippen MR) is 144 cm³/mol. The number of aryl methyl sites for hydroxylation is 1. The number of nitrogens with one attached hydrogen (secondary N) is 1. The Labute approximate surface area is 213 Å². The Morgan fingerprint density at radius 3 is 2.17 bits per heavy atom. The van der Waals surface area contributed by atoms with Crippen molar-refractivity contribution in [3.8, 4) is 0 Å². The Morgan fingerprint density at radius 2 is 1.58 bits per heavy atom. The fourth-order valence-electron chi connectivity index (χ4n) is 3.89. The van der Waals surface area contributed by atoms with Crippen molar-refractivity contribution in [1.29, 1.82) is 0 Å². The number of fused-ring (bicyclic) bond motifs is 1. The van der Waals surface area contributed by atoms with Gasteiger partial charge < -0.3 is 10.2 Å². The van der Waals surface area contributed by atoms with Crippen LogP contribution in [-0.2, 0) is 15.0 Å². The van der Waals surface area contributed by atoms with Gasteiger partial charge in [-0.25, -0.2) is 3.97 Å². The second-order valence-corrected chi connectivity index (χ2v) is 10.9. The van der Waals surface area contributed by atoms with Crippen LogP contribution in [0.1, 0.15) is 48.2 Å². The molecule has 0 atom stereocenters. The minimum Gasteiger partial charge on any atom is -0.337 e. The maximum absolute atomic E-state index is 13.6. The van der Waals surface area contributed by atoms with Gasteiger partial charge in [0, 0.05) is 49.9 Å². The molecule has 192 valence electrons. The van der Waals surface area contributed by atoms with Gasteiger partial charge in [0.25, 0.3) is 11.8 Å². The summed E-state index contributed by atoms with van der Waals surface area (Å²) in [5.74, 6) is -0.723. The van der Waals surface area contributed by atoms with Crippen LogP contribution >= 0.6 is 0 Å². The zero-order chi connectivity index (χ0) is 26.5. The Morgan fingerprint density at radius 1 is 0.972 bits per heavy atom. The van der Waals surface area contributed by atoms with Gasteiger partial charge in [-0.15, -0.1) is 0 Å². The number of benzene rings is 2. The van der Waals surface area contributed by atoms with Crippen molar-refractivity contribution in [2.24, 2.45) is 0 Å². The second-order valence-electron chi connectivity index (χ2n) is 8.86. The molecule has 3 aromatic rings. The van der Waals surface area contributed by atoms with Crippen molar-refractivity contribution in [2.75, 3.05) is 27.2 Å². The largest absolute Gasteiger partial charge is 0.337 e. The number of carbonyl (C=O) groups is 2. The molecule has 0 saturated heterocycles. The first kappa shape index (κ1) is 27.2. The predicted octanol–water partition coefficient (Wildman–Crippen LogP) is 4.02. The van der Waals surface area contributed by atoms with Crippen LogP contribution in [-0.4, -0.2) is 60.6 Å². The molecule has 0 saturated carbocycles. The molecule has 8 nitrogen and oxygen atoms in total. The molecule has 0 aliphatic rings. The first-order valence-corrected chi connectivity index (χ1v) is 13.4. The van der Waals surface area contributed by atoms with Crippen LogP contribution in [0.5, 0.6) is 0 Å². The maximum atomic E-state index is 13.6. The molecule has 2 aromatic carbocycles. The lowest BCUT2D eigenvalue weighted by Gasteiger charge is -2.23. The van der Waals surface area contributed by atoms with E-state index in [1.165, 1.54) is 24.3 Å². The molecule has 1 N–H and O–H groups in total. The molecular formula is C27H34N4O4S. The summed E-state index contributed by atoms with van der Waals surface area (Å²) in [4.78, 5) is 28.4. The van der Waals surface area contributed by atoms with Gasteiger partial charge in [0.1, 0.15) is 5.70 Å². The number of aromatic nitrogens is 1. The zero-order valence-corrected chi connectivity index (χ0v) is 22.3. The average Bonchev–Trinajstić information content (AvgIpc) is 3.22. The summed E-state index contributed by atoms with van der Waals surface area (Å²) in [5.41, 5.74) is 2.53. The molecule has 3 rings (SSSR count). The van der Waals surface area contributed by atoms with Gasteiger partial charge in [0.15, 0.2) is 0 Å². The number of amides is 2. The highest BCUT2D eigenvalue weighted by Gasteiger charge is 2.23. The summed E-state index contributed by atoms with van der Waals surface area (Å²) in [6, 6.07) is 14.1. The quantitative estimate of drug-likeness (QED) is 0.417. The van der Waals surface area contributed by atoms with Crippen LogP contribution < -0.4 is 5.32 Å². The van der Waals surface area contributed by atoms with Crippen LogP contribution in [0.25, 0.3) is 17.0 Å². The molecule has 0 aliphatic carbocycles. The van der Waals surface area contributed by atoms with Crippen molar-refractivity contribution < 1.29 is 18.0 Å². The summed E-state index contributed by atoms with van der Waals surface area (Å²) < 4.78 is 28.3. The third-order valence-electron chi connectivity index (χ3n) is 5.79. The van der Waals surface area contributed by atoms with Crippen molar-refractivity contribution in [3.05, 3.63) is 77.1 Å². The SMILES string of the molecule is CCCN(CCC)C(=O)C(=Cc1cn(S(=O)(=O)N(C)C)c2ccccc12)NC(=O)c1ccc(C)cc1. The van der Waals surface area contributed by atoms with Crippen molar-refractivity contribution >= 4 is 39.0 Å². The van der Waals surface area contributed by atoms with Gasteiger partial charge >= 0.3 is 10.2 Å². The molecular weight excluding hydrogens is 476 g/mol. The summed E-state index contributed by atoms with van der Waals surface area (Å²) in [6.45, 7) is 7.00. The first-order chi connectivity index (χ1) is 17.1. The Bertz CT molecular complexity index is 1370. The van der Waals surface area contributed by atoms with Crippen LogP contribution in [0, 0.1) is 6.92 Å². The zero-order valence-electron chi connectivity index (χ0n) is 21.5. The topological polar surface area (TPSA) is 91.7 Å². The molecule has 0 radical (unpaired) electrons. The van der Waals surface area contributed by atoms with Gasteiger partial charge in [-0.1, -0.05) is 49.7 Å². The number of hydrogen-bond acceptors (Lipinski definition) is 4. The third kappa shape index (κ3) is 5.85. The summed E-state index contributed by atoms with van der Waals surface area (Å²) in [5, 5.41) is 3.44. The van der Waals surface area contributed by atoms with Gasteiger partial charge in [-0.05, 0) is 44.0 Å². The second kappa shape index (κ2) is 11.5. The molecule has 36 heavy (non-hydrogen) atoms. The third-order valence-corrected chi connectivity index (χ3v) is 7.51. The Hall–Kier alpha value is -3.43. The normalized spacial score (nSPS) is 12.2. The smallest absolute Gasteiger partial charge is 0.307 e. The molecule has 0 fully saturated rings. The number of carbonyl (C=O) groups excluding carboxylic acids is 2. The lowest BCUT2D eigenvalue weighted by Crippen LogP contribution is -2.39. The maximum Gasteiger partial charge on any atom is 0.307 e. The monoisotopic (exact) mass is 510 g/mol. The van der Waals surface area contributed by atoms with E-state index in [4.69, 9.17) is 0 Å². The average molecular weight is 511 g/mol. The van der Waals surface area contributed by atoms with E-state index in [1.54, 1.807) is 47.4 Å². The van der Waals surface area contributed by atoms with E-state index < -0.39 is 16.1 Å². The van der Waals surface area contributed by atoms with Gasteiger partial charge in [-0.3, -0.25) is 9.59 Å². The highest BCUT2D eigenvalue weighted by Crippen LogP contribution is 2.26. The number of para-hydroxylation sites is 1. The number of nitrogens with zero attached hydrogens (tertiary/aromatic N) is 3. The summed E-state index contributed by atoms with van der Waals surface area (Å²) >= 11 is 0. The highest BCUT2D eigenvalue weighted by atomic mass is 32.2. The van der Waals surface area contributed by atoms with Crippen molar-refractivity contribution in [2.45, 2.75) is 33.6 Å². The van der Waals surface area contributed by atoms with Crippen LogP contribution in [0.3, 0.4) is 0 Å². The first-order valence-electron chi connectivity index (χ1n) is 12.0. The van der Waals surface area contributed by atoms with E-state index in [0.717, 1.165) is 22.7 Å². The van der Waals surface area contributed by atoms with E-state index in [0.29, 0.717) is 35.1 Å². The molecule has 0 unspecified atom stereocenters. The van der Waals surface area contributed by atoms with Gasteiger partial charge in [0.05, 0.1) is 5.52 Å². The molecule has 2 amide bonds. The minimum atomic E-state index is -3.80. The lowest BCUT2D eigenvalue weighted by atomic mass is 10.1. The Balaban J connectivity index is 2.15. The van der Waals surface area contributed by atoms with E-state index in [9.17, 15) is 18.0 Å². The molecule has 1 heterocycles. The molecule has 9 heteroatoms. The number of hydrogen-bond donors (Lipinski definition) is 1. The van der Waals surface area contributed by atoms with Crippen LogP contribution in [0.2, 0.25) is 0 Å². The molecule has 0 spiro atoms. The fraction of sp³-hybridized carbons (Fsp3) is 0.333. The van der Waals surface area contributed by atoms with E-state index >= 15 is 0 Å².